The van der Waals surface area contributed by atoms with Crippen LogP contribution >= 0.6 is 81.2 Å². The van der Waals surface area contributed by atoms with E-state index in [4.69, 9.17) is 95.3 Å². The van der Waals surface area contributed by atoms with E-state index in [0.29, 0.717) is 108 Å². The van der Waals surface area contributed by atoms with Crippen LogP contribution in [0.1, 0.15) is 128 Å². The number of nitrogens with zero attached hydrogens (tertiary/aromatic N) is 8. The molecule has 13 rings (SSSR count). The molecule has 9 aromatic rings. The molecule has 2 saturated heterocycles. The Hall–Kier alpha value is -11.7. The number of benzene rings is 7. The number of fused-ring (bicyclic) bond motifs is 4. The number of nitrogens with one attached hydrogen (secondary N) is 6. The molecular weight excluding hydrogens is 1730 g/mol. The van der Waals surface area contributed by atoms with Crippen LogP contribution in [0, 0.1) is 28.8 Å². The number of carbonyl (C=O) groups is 9. The third-order valence-corrected chi connectivity index (χ3v) is 23.6. The highest BCUT2D eigenvalue weighted by atomic mass is 35.5. The topological polar surface area (TPSA) is 432 Å². The number of carboxylic acids is 3. The number of halogens is 7. The van der Waals surface area contributed by atoms with Crippen molar-refractivity contribution < 1.29 is 75.7 Å². The van der Waals surface area contributed by atoms with E-state index in [1.165, 1.54) is 30.3 Å². The molecule has 0 aliphatic carbocycles. The summed E-state index contributed by atoms with van der Waals surface area (Å²) in [5, 5.41) is 64.7. The van der Waals surface area contributed by atoms with Crippen LogP contribution < -0.4 is 31.9 Å². The van der Waals surface area contributed by atoms with Crippen LogP contribution in [0.5, 0.6) is 0 Å². The van der Waals surface area contributed by atoms with Gasteiger partial charge in [-0.05, 0) is 157 Å². The van der Waals surface area contributed by atoms with Crippen molar-refractivity contribution in [3.63, 3.8) is 0 Å². The van der Waals surface area contributed by atoms with Gasteiger partial charge >= 0.3 is 17.9 Å². The van der Waals surface area contributed by atoms with E-state index < -0.39 is 69.5 Å². The van der Waals surface area contributed by atoms with Crippen molar-refractivity contribution in [2.45, 2.75) is 94.5 Å². The van der Waals surface area contributed by atoms with E-state index in [9.17, 15) is 72.2 Å². The summed E-state index contributed by atoms with van der Waals surface area (Å²) in [7, 11) is -3.50. The van der Waals surface area contributed by atoms with Crippen molar-refractivity contribution in [1.29, 1.82) is 10.5 Å². The van der Waals surface area contributed by atoms with E-state index >= 15 is 0 Å². The first-order valence-electron chi connectivity index (χ1n) is 37.6. The van der Waals surface area contributed by atoms with Gasteiger partial charge in [0, 0.05) is 98.5 Å². The number of likely N-dealkylation sites (tertiary alicyclic amines) is 2. The first-order valence-corrected chi connectivity index (χ1v) is 42.2. The first kappa shape index (κ1) is 90.1. The van der Waals surface area contributed by atoms with Gasteiger partial charge < -0.3 is 65.0 Å². The minimum atomic E-state index is -3.50. The van der Waals surface area contributed by atoms with E-state index in [2.05, 4.69) is 48.8 Å². The number of hydrogen-bond acceptors (Lipinski definition) is 17. The molecule has 121 heavy (non-hydrogen) atoms. The number of para-hydroxylation sites is 1. The lowest BCUT2D eigenvalue weighted by Gasteiger charge is -2.32. The second-order valence-electron chi connectivity index (χ2n) is 28.7. The number of aliphatic imine (C=N–C) groups is 2. The molecule has 30 nitrogen and oxygen atoms in total. The summed E-state index contributed by atoms with van der Waals surface area (Å²) >= 11 is 44.7. The summed E-state index contributed by atoms with van der Waals surface area (Å²) in [5.74, 6) is -6.11. The molecule has 0 saturated carbocycles. The number of carbonyl (C=O) groups excluding carboxylic acids is 6. The molecular formula is C83H77Cl7N14O16S. The van der Waals surface area contributed by atoms with Crippen LogP contribution in [0.3, 0.4) is 0 Å². The zero-order valence-electron chi connectivity index (χ0n) is 64.5. The molecule has 38 heteroatoms. The number of furan rings is 2. The maximum Gasteiger partial charge on any atom is 0.328 e. The number of piperidine rings is 1. The molecule has 2 aromatic heterocycles. The standard InChI is InChI=1S/C30H30Cl2N6O5.C28H26Cl2N6O5.C25H21Cl3N2O6S/c1-17-3-2-8-38(14-17)30(35-16-33)34-13-23(29(41)42)36-27(39)25-22(31)11-20-15-37(9-6-21(20)26(25)32)28(40)19-5-4-18-7-10-43-24(18)12-19;29-19-11-17-14-36(26(38)22-12-16-5-1-2-6-21(16)41-22)10-7-18(17)24(30)23(19)25(37)34-20(27(39)40)13-32-28(33-15-31)35-8-3-4-9-35;1-37(35,36)18-4-2-3-15(9-18)10-21(25(33)34)30-24(32)22-19(27)11-16(12-20(22)28)23(31)29-13-14-5-7-17(26)8-6-14/h4-5,7,10-12,17,23H,2-3,6,8-9,13-15H2,1H3,(H,34,35)(H,36,39)(H,41,42);1-2,5-6,11-12,20H,3-4,7-10,13-14H2,(H,32,33)(H,34,37)(H,39,40);2-9,11-12,21H,10,13H2,1H3,(H,29,31)(H,30,32)(H,33,34)/t17-,23+;20-;21-/m100/s1. The van der Waals surface area contributed by atoms with E-state index in [1.54, 1.807) is 82.8 Å². The second kappa shape index (κ2) is 40.6. The lowest BCUT2D eigenvalue weighted by molar-refractivity contribution is -0.140. The van der Waals surface area contributed by atoms with Gasteiger partial charge in [-0.3, -0.25) is 39.4 Å². The minimum Gasteiger partial charge on any atom is -0.480 e. The van der Waals surface area contributed by atoms with Gasteiger partial charge in [-0.25, -0.2) is 32.8 Å². The molecule has 630 valence electrons. The predicted molar refractivity (Wildman–Crippen MR) is 454 cm³/mol. The fourth-order valence-electron chi connectivity index (χ4n) is 14.0. The Bertz CT molecular complexity index is 5750. The minimum absolute atomic E-state index is 0.0245. The van der Waals surface area contributed by atoms with Crippen LogP contribution in [0.4, 0.5) is 0 Å². The molecule has 4 atom stereocenters. The summed E-state index contributed by atoms with van der Waals surface area (Å²) in [5.41, 5.74) is 5.47. The number of rotatable bonds is 21. The van der Waals surface area contributed by atoms with Gasteiger partial charge in [-0.15, -0.1) is 0 Å². The van der Waals surface area contributed by atoms with Crippen molar-refractivity contribution in [3.8, 4) is 12.4 Å². The van der Waals surface area contributed by atoms with Gasteiger partial charge in [0.2, 0.25) is 11.9 Å². The lowest BCUT2D eigenvalue weighted by atomic mass is 9.96. The molecule has 0 spiro atoms. The van der Waals surface area contributed by atoms with Gasteiger partial charge in [0.05, 0.1) is 71.1 Å². The quantitative estimate of drug-likeness (QED) is 0.0140. The van der Waals surface area contributed by atoms with Crippen LogP contribution in [0.2, 0.25) is 35.2 Å². The molecule has 6 heterocycles. The highest BCUT2D eigenvalue weighted by molar-refractivity contribution is 7.90. The van der Waals surface area contributed by atoms with Gasteiger partial charge in [-0.1, -0.05) is 137 Å². The van der Waals surface area contributed by atoms with Crippen LogP contribution in [0.15, 0.2) is 157 Å². The van der Waals surface area contributed by atoms with Gasteiger partial charge in [0.25, 0.3) is 35.4 Å². The smallest absolute Gasteiger partial charge is 0.328 e. The maximum atomic E-state index is 13.3. The van der Waals surface area contributed by atoms with Crippen LogP contribution in [0.25, 0.3) is 21.9 Å². The Morgan fingerprint density at radius 2 is 1.07 bits per heavy atom. The maximum absolute atomic E-state index is 13.3. The highest BCUT2D eigenvalue weighted by Crippen LogP contribution is 2.38. The van der Waals surface area contributed by atoms with E-state index in [-0.39, 0.29) is 126 Å². The number of hydrogen-bond donors (Lipinski definition) is 9. The van der Waals surface area contributed by atoms with Crippen LogP contribution in [-0.4, -0.2) is 185 Å². The monoisotopic (exact) mass is 1800 g/mol. The summed E-state index contributed by atoms with van der Waals surface area (Å²) in [6, 6.07) is 30.3. The molecule has 4 aliphatic rings. The Morgan fingerprint density at radius 1 is 0.537 bits per heavy atom. The molecule has 0 radical (unpaired) electrons. The number of nitriles is 2. The normalized spacial score (nSPS) is 15.3. The third kappa shape index (κ3) is 22.7. The first-order chi connectivity index (χ1) is 57.8. The third-order valence-electron chi connectivity index (χ3n) is 20.2. The number of amides is 6. The SMILES string of the molecule is CS(=O)(=O)c1cccc(C[C@H](NC(=O)c2c(Cl)cc(C(=O)NCc3ccc(Cl)cc3)cc2Cl)C(=O)O)c1.C[C@@H]1CCCN(C(=NC[C@H](NC(=O)c2c(Cl)cc3c(c2Cl)CCN(C(=O)c2ccc4ccoc4c2)C3)C(=O)O)NC#N)C1.N#CNC(=NC[C@H](NC(=O)c1c(Cl)cc2c(c1Cl)CCN(C(=O)c1cc3ccccc3o1)C2)C(=O)O)N1CCCC1. The number of sulfone groups is 1. The van der Waals surface area contributed by atoms with E-state index in [1.807, 2.05) is 52.5 Å². The van der Waals surface area contributed by atoms with Crippen LogP contribution in [-0.2, 0) is 63.1 Å². The molecule has 0 unspecified atom stereocenters. The number of carboxylic acid groups (broad SMARTS) is 3. The van der Waals surface area contributed by atoms with Crippen molar-refractivity contribution >= 4 is 178 Å². The molecule has 2 fully saturated rings. The molecule has 4 aliphatic heterocycles. The zero-order valence-corrected chi connectivity index (χ0v) is 70.6. The predicted octanol–water partition coefficient (Wildman–Crippen LogP) is 12.3. The summed E-state index contributed by atoms with van der Waals surface area (Å²) < 4.78 is 34.7. The van der Waals surface area contributed by atoms with Gasteiger partial charge in [0.1, 0.15) is 29.3 Å². The summed E-state index contributed by atoms with van der Waals surface area (Å²) in [6.07, 6.45) is 10.7. The summed E-state index contributed by atoms with van der Waals surface area (Å²) in [6.45, 7) is 5.60. The Kier molecular flexibility index (Phi) is 30.2. The number of guanidine groups is 2. The highest BCUT2D eigenvalue weighted by Gasteiger charge is 2.35. The van der Waals surface area contributed by atoms with Crippen molar-refractivity contribution in [2.75, 3.05) is 58.6 Å². The molecule has 6 amide bonds. The lowest BCUT2D eigenvalue weighted by Crippen LogP contribution is -2.47. The summed E-state index contributed by atoms with van der Waals surface area (Å²) in [4.78, 5) is 130. The fraction of sp³-hybridized carbons (Fsp3) is 0.289. The molecule has 7 aromatic carbocycles. The average Bonchev–Trinajstić information content (AvgIpc) is 1.11. The molecule has 0 bridgehead atoms. The molecule has 9 N–H and O–H groups in total. The number of aliphatic carboxylic acids is 3. The van der Waals surface area contributed by atoms with Crippen molar-refractivity contribution in [3.05, 3.63) is 236 Å². The van der Waals surface area contributed by atoms with Gasteiger partial charge in [0.15, 0.2) is 28.0 Å². The van der Waals surface area contributed by atoms with Crippen molar-refractivity contribution in [2.24, 2.45) is 15.9 Å². The Labute approximate surface area is 728 Å². The average molecular weight is 1810 g/mol. The fourth-order valence-corrected chi connectivity index (χ4v) is 17.0. The van der Waals surface area contributed by atoms with Crippen molar-refractivity contribution in [1.82, 2.24) is 51.5 Å². The Balaban J connectivity index is 0.000000178. The van der Waals surface area contributed by atoms with Gasteiger partial charge in [-0.2, -0.15) is 10.5 Å². The van der Waals surface area contributed by atoms with E-state index in [0.717, 1.165) is 48.3 Å². The Morgan fingerprint density at radius 3 is 1.63 bits per heavy atom. The largest absolute Gasteiger partial charge is 0.480 e. The second-order valence-corrected chi connectivity index (χ2v) is 33.5. The zero-order chi connectivity index (χ0) is 87.1.